The molecule has 3 aromatic rings. The minimum absolute atomic E-state index is 0.423. The minimum Gasteiger partial charge on any atom is -0.479 e. The molecule has 1 N–H and O–H groups in total. The molecule has 1 aromatic heterocycles. The molecule has 0 radical (unpaired) electrons. The summed E-state index contributed by atoms with van der Waals surface area (Å²) in [4.78, 5) is 15.9. The Bertz CT molecular complexity index is 828. The molecule has 0 spiro atoms. The van der Waals surface area contributed by atoms with E-state index in [4.69, 9.17) is 4.74 Å². The number of thiazole rings is 1. The number of carboxylic acids is 1. The number of carbonyl (C=O) groups is 1. The zero-order chi connectivity index (χ0) is 17.6. The van der Waals surface area contributed by atoms with Crippen molar-refractivity contribution >= 4 is 17.3 Å². The molecule has 25 heavy (non-hydrogen) atoms. The van der Waals surface area contributed by atoms with Gasteiger partial charge in [0.15, 0.2) is 6.10 Å². The number of rotatable bonds is 7. The molecule has 1 heterocycles. The molecule has 0 saturated heterocycles. The van der Waals surface area contributed by atoms with Crippen LogP contribution in [-0.4, -0.2) is 22.2 Å². The Morgan fingerprint density at radius 3 is 2.48 bits per heavy atom. The fourth-order valence-electron chi connectivity index (χ4n) is 2.54. The van der Waals surface area contributed by atoms with Crippen LogP contribution in [0.1, 0.15) is 17.0 Å². The molecule has 3 rings (SSSR count). The first kappa shape index (κ1) is 17.2. The quantitative estimate of drug-likeness (QED) is 0.675. The van der Waals surface area contributed by atoms with Crippen molar-refractivity contribution in [3.8, 4) is 17.0 Å². The molecule has 0 fully saturated rings. The Kier molecular flexibility index (Phi) is 5.46. The predicted molar refractivity (Wildman–Crippen MR) is 99.1 cm³/mol. The number of hydrogen-bond donors (Lipinski definition) is 1. The van der Waals surface area contributed by atoms with Crippen LogP contribution in [-0.2, 0) is 11.2 Å². The van der Waals surface area contributed by atoms with E-state index in [0.717, 1.165) is 21.8 Å². The van der Waals surface area contributed by atoms with Crippen LogP contribution >= 0.6 is 11.3 Å². The van der Waals surface area contributed by atoms with E-state index in [1.807, 2.05) is 54.8 Å². The van der Waals surface area contributed by atoms with Crippen LogP contribution in [0.3, 0.4) is 0 Å². The zero-order valence-corrected chi connectivity index (χ0v) is 14.7. The normalized spacial score (nSPS) is 11.9. The molecule has 0 aliphatic heterocycles. The Hall–Kier alpha value is -2.66. The Labute approximate surface area is 150 Å². The maximum absolute atomic E-state index is 11.5. The largest absolute Gasteiger partial charge is 0.479 e. The Morgan fingerprint density at radius 1 is 1.16 bits per heavy atom. The zero-order valence-electron chi connectivity index (χ0n) is 13.9. The highest BCUT2D eigenvalue weighted by molar-refractivity contribution is 7.09. The van der Waals surface area contributed by atoms with E-state index in [1.54, 1.807) is 23.5 Å². The molecule has 0 amide bonds. The van der Waals surface area contributed by atoms with E-state index >= 15 is 0 Å². The van der Waals surface area contributed by atoms with Gasteiger partial charge in [0, 0.05) is 10.9 Å². The van der Waals surface area contributed by atoms with Gasteiger partial charge in [-0.1, -0.05) is 30.3 Å². The highest BCUT2D eigenvalue weighted by atomic mass is 32.1. The second-order valence-corrected chi connectivity index (χ2v) is 6.81. The van der Waals surface area contributed by atoms with Gasteiger partial charge in [0.2, 0.25) is 0 Å². The second-order valence-electron chi connectivity index (χ2n) is 5.75. The molecule has 0 bridgehead atoms. The first-order chi connectivity index (χ1) is 12.1. The van der Waals surface area contributed by atoms with Gasteiger partial charge in [-0.3, -0.25) is 0 Å². The third kappa shape index (κ3) is 4.67. The lowest BCUT2D eigenvalue weighted by atomic mass is 10.1. The summed E-state index contributed by atoms with van der Waals surface area (Å²) < 4.78 is 5.68. The summed E-state index contributed by atoms with van der Waals surface area (Å²) in [5, 5.41) is 12.4. The molecule has 4 nitrogen and oxygen atoms in total. The monoisotopic (exact) mass is 353 g/mol. The van der Waals surface area contributed by atoms with Crippen molar-refractivity contribution in [2.75, 3.05) is 0 Å². The van der Waals surface area contributed by atoms with Crippen molar-refractivity contribution in [2.45, 2.75) is 25.9 Å². The van der Waals surface area contributed by atoms with E-state index < -0.39 is 12.1 Å². The fourth-order valence-corrected chi connectivity index (χ4v) is 3.16. The molecule has 0 aliphatic rings. The van der Waals surface area contributed by atoms with Crippen molar-refractivity contribution in [2.24, 2.45) is 0 Å². The van der Waals surface area contributed by atoms with Gasteiger partial charge in [-0.25, -0.2) is 9.78 Å². The minimum atomic E-state index is -0.949. The maximum Gasteiger partial charge on any atom is 0.344 e. The molecule has 0 saturated carbocycles. The lowest BCUT2D eigenvalue weighted by Crippen LogP contribution is -2.27. The summed E-state index contributed by atoms with van der Waals surface area (Å²) in [6.45, 7) is 1.97. The first-order valence-electron chi connectivity index (χ1n) is 8.08. The SMILES string of the molecule is Cc1nc(-c2ccc(OC(CCc3ccccc3)C(=O)O)cc2)cs1. The molecule has 128 valence electrons. The van der Waals surface area contributed by atoms with Gasteiger partial charge in [0.05, 0.1) is 10.7 Å². The number of nitrogens with zero attached hydrogens (tertiary/aromatic N) is 1. The summed E-state index contributed by atoms with van der Waals surface area (Å²) in [5.74, 6) is -0.397. The highest BCUT2D eigenvalue weighted by Gasteiger charge is 2.19. The van der Waals surface area contributed by atoms with Crippen LogP contribution in [0.15, 0.2) is 60.0 Å². The summed E-state index contributed by atoms with van der Waals surface area (Å²) in [6.07, 6.45) is 0.216. The van der Waals surface area contributed by atoms with Crippen LogP contribution in [0.4, 0.5) is 0 Å². The van der Waals surface area contributed by atoms with Crippen molar-refractivity contribution < 1.29 is 14.6 Å². The van der Waals surface area contributed by atoms with Gasteiger partial charge < -0.3 is 9.84 Å². The summed E-state index contributed by atoms with van der Waals surface area (Å²) in [7, 11) is 0. The number of carboxylic acid groups (broad SMARTS) is 1. The molecule has 1 atom stereocenters. The van der Waals surface area contributed by atoms with Crippen molar-refractivity contribution in [3.05, 3.63) is 70.5 Å². The van der Waals surface area contributed by atoms with Crippen LogP contribution in [0, 0.1) is 6.92 Å². The van der Waals surface area contributed by atoms with Crippen LogP contribution in [0.2, 0.25) is 0 Å². The smallest absolute Gasteiger partial charge is 0.344 e. The van der Waals surface area contributed by atoms with Gasteiger partial charge in [0.1, 0.15) is 5.75 Å². The molecule has 1 unspecified atom stereocenters. The Morgan fingerprint density at radius 2 is 1.88 bits per heavy atom. The van der Waals surface area contributed by atoms with Gasteiger partial charge in [0.25, 0.3) is 0 Å². The average molecular weight is 353 g/mol. The number of aliphatic carboxylic acids is 1. The number of hydrogen-bond acceptors (Lipinski definition) is 4. The number of aryl methyl sites for hydroxylation is 2. The number of aromatic nitrogens is 1. The van der Waals surface area contributed by atoms with Crippen molar-refractivity contribution in [3.63, 3.8) is 0 Å². The maximum atomic E-state index is 11.5. The van der Waals surface area contributed by atoms with Gasteiger partial charge in [-0.05, 0) is 49.6 Å². The molecule has 5 heteroatoms. The van der Waals surface area contributed by atoms with E-state index in [2.05, 4.69) is 4.98 Å². The van der Waals surface area contributed by atoms with Gasteiger partial charge in [-0.2, -0.15) is 0 Å². The standard InChI is InChI=1S/C20H19NO3S/c1-14-21-18(13-25-14)16-8-10-17(11-9-16)24-19(20(22)23)12-7-15-5-3-2-4-6-15/h2-6,8-11,13,19H,7,12H2,1H3,(H,22,23). The third-order valence-electron chi connectivity index (χ3n) is 3.86. The molecule has 0 aliphatic carbocycles. The van der Waals surface area contributed by atoms with Gasteiger partial charge >= 0.3 is 5.97 Å². The lowest BCUT2D eigenvalue weighted by Gasteiger charge is -2.15. The average Bonchev–Trinajstić information content (AvgIpc) is 3.06. The fraction of sp³-hybridized carbons (Fsp3) is 0.200. The topological polar surface area (TPSA) is 59.4 Å². The second kappa shape index (κ2) is 7.94. The lowest BCUT2D eigenvalue weighted by molar-refractivity contribution is -0.145. The number of benzene rings is 2. The van der Waals surface area contributed by atoms with Gasteiger partial charge in [-0.15, -0.1) is 11.3 Å². The molecular weight excluding hydrogens is 334 g/mol. The first-order valence-corrected chi connectivity index (χ1v) is 8.96. The third-order valence-corrected chi connectivity index (χ3v) is 4.63. The predicted octanol–water partition coefficient (Wildman–Crippen LogP) is 4.58. The van der Waals surface area contributed by atoms with Crippen LogP contribution in [0.25, 0.3) is 11.3 Å². The van der Waals surface area contributed by atoms with E-state index in [1.165, 1.54) is 0 Å². The summed E-state index contributed by atoms with van der Waals surface area (Å²) in [6, 6.07) is 17.2. The van der Waals surface area contributed by atoms with Crippen molar-refractivity contribution in [1.29, 1.82) is 0 Å². The summed E-state index contributed by atoms with van der Waals surface area (Å²) in [5.41, 5.74) is 3.02. The van der Waals surface area contributed by atoms with Crippen LogP contribution in [0.5, 0.6) is 5.75 Å². The molecular formula is C20H19NO3S. The van der Waals surface area contributed by atoms with E-state index in [9.17, 15) is 9.90 Å². The van der Waals surface area contributed by atoms with Crippen molar-refractivity contribution in [1.82, 2.24) is 4.98 Å². The van der Waals surface area contributed by atoms with E-state index in [0.29, 0.717) is 18.6 Å². The molecule has 2 aromatic carbocycles. The van der Waals surface area contributed by atoms with E-state index in [-0.39, 0.29) is 0 Å². The summed E-state index contributed by atoms with van der Waals surface area (Å²) >= 11 is 1.60. The van der Waals surface area contributed by atoms with Crippen LogP contribution < -0.4 is 4.74 Å². The highest BCUT2D eigenvalue weighted by Crippen LogP contribution is 2.24. The number of ether oxygens (including phenoxy) is 1. The Balaban J connectivity index is 1.64.